The molecule has 0 aliphatic rings. The van der Waals surface area contributed by atoms with E-state index in [9.17, 15) is 10.2 Å². The minimum Gasteiger partial charge on any atom is -0.508 e. The van der Waals surface area contributed by atoms with Crippen molar-refractivity contribution < 1.29 is 48.0 Å². The molecule has 1 heterocycles. The predicted octanol–water partition coefficient (Wildman–Crippen LogP) is 8.00. The summed E-state index contributed by atoms with van der Waals surface area (Å²) in [6, 6.07) is 4.49. The molecule has 0 amide bonds. The molecule has 3 aromatic carbocycles. The zero-order valence-electron chi connectivity index (χ0n) is 27.0. The van der Waals surface area contributed by atoms with E-state index in [1.165, 1.54) is 45.5 Å². The number of phenols is 2. The average Bonchev–Trinajstić information content (AvgIpc) is 2.95. The quantitative estimate of drug-likeness (QED) is 0.212. The first kappa shape index (κ1) is 36.4. The minimum absolute atomic E-state index is 0. The fourth-order valence-corrected chi connectivity index (χ4v) is 5.10. The van der Waals surface area contributed by atoms with Crippen LogP contribution in [0.3, 0.4) is 0 Å². The van der Waals surface area contributed by atoms with Crippen LogP contribution in [0.2, 0.25) is 0 Å². The molecule has 0 bridgehead atoms. The van der Waals surface area contributed by atoms with Crippen LogP contribution in [0, 0.1) is 69.2 Å². The zero-order chi connectivity index (χ0) is 30.6. The Labute approximate surface area is 271 Å². The maximum absolute atomic E-state index is 10.7. The van der Waals surface area contributed by atoms with Crippen molar-refractivity contribution in [3.05, 3.63) is 73.8 Å². The summed E-state index contributed by atoms with van der Waals surface area (Å²) in [5.41, 5.74) is 14.4. The van der Waals surface area contributed by atoms with Gasteiger partial charge >= 0.3 is 0 Å². The van der Waals surface area contributed by atoms with Crippen LogP contribution in [0.15, 0.2) is 18.2 Å². The summed E-state index contributed by atoms with van der Waals surface area (Å²) in [7, 11) is 1.00. The van der Waals surface area contributed by atoms with Gasteiger partial charge in [0.15, 0.2) is 17.5 Å². The molecular weight excluding hydrogens is 587 g/mol. The van der Waals surface area contributed by atoms with Crippen LogP contribution >= 0.6 is 0 Å². The number of aliphatic hydroxyl groups is 1. The topological polar surface area (TPSA) is 99.4 Å². The first-order valence-corrected chi connectivity index (χ1v) is 13.7. The zero-order valence-corrected chi connectivity index (χ0v) is 29.8. The number of aromatic nitrogens is 3. The molecule has 0 fully saturated rings. The van der Waals surface area contributed by atoms with E-state index in [0.29, 0.717) is 23.0 Å². The van der Waals surface area contributed by atoms with Crippen molar-refractivity contribution in [1.82, 2.24) is 15.0 Å². The van der Waals surface area contributed by atoms with E-state index in [0.717, 1.165) is 40.5 Å². The van der Waals surface area contributed by atoms with Crippen LogP contribution in [0.1, 0.15) is 69.5 Å². The minimum atomic E-state index is -0.0764. The van der Waals surface area contributed by atoms with Gasteiger partial charge in [0, 0.05) is 57.0 Å². The first-order valence-electron chi connectivity index (χ1n) is 13.7. The molecule has 3 N–H and O–H groups in total. The Hall–Kier alpha value is -2.67. The van der Waals surface area contributed by atoms with Gasteiger partial charge in [-0.1, -0.05) is 13.8 Å². The van der Waals surface area contributed by atoms with Gasteiger partial charge in [-0.05, 0) is 137 Å². The van der Waals surface area contributed by atoms with Crippen LogP contribution in [0.4, 0.5) is 0 Å². The fourth-order valence-electron chi connectivity index (χ4n) is 5.10. The summed E-state index contributed by atoms with van der Waals surface area (Å²) in [4.78, 5) is 14.8. The van der Waals surface area contributed by atoms with E-state index < -0.39 is 0 Å². The van der Waals surface area contributed by atoms with E-state index in [4.69, 9.17) is 20.1 Å². The number of rotatable bonds is 3. The molecule has 0 saturated heterocycles. The molecule has 0 spiro atoms. The summed E-state index contributed by atoms with van der Waals surface area (Å²) in [5, 5.41) is 27.5. The molecule has 1 aromatic heterocycles. The number of phenolic OH excluding ortho intramolecular Hbond substituents is 2. The van der Waals surface area contributed by atoms with Crippen LogP contribution in [0.5, 0.6) is 11.5 Å². The number of nitrogens with zero attached hydrogens (tertiary/aromatic N) is 3. The Bertz CT molecular complexity index is 1420. The molecule has 1 radical (unpaired) electrons. The molecule has 0 saturated carbocycles. The van der Waals surface area contributed by atoms with Gasteiger partial charge in [0.2, 0.25) is 0 Å². The smallest absolute Gasteiger partial charge is 0.167 e. The molecule has 0 unspecified atom stereocenters. The van der Waals surface area contributed by atoms with Gasteiger partial charge in [0.1, 0.15) is 11.5 Å². The standard InChI is InChI=1S/C31H35N3O2.C2H6.CH4O.Y/c1-14-16(3)20(7)27(21(8)17(14)4)30-32-29(25-12-11-24(35)13-26(25)36)33-31(34-30)28-22(9)18(5)15(2)19(6)23(28)10;2*1-2;/h11-13,35-36H,1-10H3;1-2H3;2H,1H3;. The van der Waals surface area contributed by atoms with Crippen LogP contribution in [-0.4, -0.2) is 37.4 Å². The third-order valence-corrected chi connectivity index (χ3v) is 8.30. The van der Waals surface area contributed by atoms with E-state index in [1.807, 2.05) is 13.8 Å². The molecule has 41 heavy (non-hydrogen) atoms. The fraction of sp³-hybridized carbons (Fsp3) is 0.382. The number of hydrogen-bond donors (Lipinski definition) is 3. The summed E-state index contributed by atoms with van der Waals surface area (Å²) < 4.78 is 0. The first-order chi connectivity index (χ1) is 18.8. The molecule has 0 atom stereocenters. The largest absolute Gasteiger partial charge is 0.508 e. The number of hydrogen-bond acceptors (Lipinski definition) is 6. The van der Waals surface area contributed by atoms with Crippen molar-refractivity contribution in [2.75, 3.05) is 7.11 Å². The molecule has 4 aromatic rings. The number of aliphatic hydroxyl groups excluding tert-OH is 1. The molecule has 7 heteroatoms. The second-order valence-electron chi connectivity index (χ2n) is 10.0. The molecule has 4 rings (SSSR count). The van der Waals surface area contributed by atoms with Gasteiger partial charge < -0.3 is 15.3 Å². The van der Waals surface area contributed by atoms with Gasteiger partial charge in [-0.2, -0.15) is 0 Å². The van der Waals surface area contributed by atoms with Gasteiger partial charge in [-0.3, -0.25) is 0 Å². The third-order valence-electron chi connectivity index (χ3n) is 8.30. The van der Waals surface area contributed by atoms with Crippen molar-refractivity contribution in [1.29, 1.82) is 0 Å². The maximum atomic E-state index is 10.7. The van der Waals surface area contributed by atoms with Gasteiger partial charge in [0.05, 0.1) is 5.56 Å². The molecule has 0 aliphatic carbocycles. The number of aromatic hydroxyl groups is 2. The van der Waals surface area contributed by atoms with Gasteiger partial charge in [-0.15, -0.1) is 0 Å². The summed E-state index contributed by atoms with van der Waals surface area (Å²) in [6.07, 6.45) is 0. The average molecular weight is 633 g/mol. The Morgan fingerprint density at radius 2 is 0.756 bits per heavy atom. The van der Waals surface area contributed by atoms with Crippen LogP contribution < -0.4 is 0 Å². The molecular formula is C34H45N3O3Y. The van der Waals surface area contributed by atoms with E-state index in [2.05, 4.69) is 69.2 Å². The normalized spacial score (nSPS) is 10.2. The Morgan fingerprint density at radius 3 is 1.07 bits per heavy atom. The summed E-state index contributed by atoms with van der Waals surface area (Å²) >= 11 is 0. The molecule has 6 nitrogen and oxygen atoms in total. The Morgan fingerprint density at radius 1 is 0.463 bits per heavy atom. The van der Waals surface area contributed by atoms with Crippen LogP contribution in [0.25, 0.3) is 34.2 Å². The Balaban J connectivity index is 0.00000161. The van der Waals surface area contributed by atoms with E-state index in [-0.39, 0.29) is 44.2 Å². The van der Waals surface area contributed by atoms with E-state index >= 15 is 0 Å². The van der Waals surface area contributed by atoms with Crippen molar-refractivity contribution in [3.63, 3.8) is 0 Å². The second-order valence-corrected chi connectivity index (χ2v) is 10.0. The summed E-state index contributed by atoms with van der Waals surface area (Å²) in [5.74, 6) is 1.44. The monoisotopic (exact) mass is 632 g/mol. The molecule has 0 aliphatic heterocycles. The van der Waals surface area contributed by atoms with Crippen molar-refractivity contribution >= 4 is 0 Å². The third kappa shape index (κ3) is 6.88. The second kappa shape index (κ2) is 15.0. The maximum Gasteiger partial charge on any atom is 0.167 e. The summed E-state index contributed by atoms with van der Waals surface area (Å²) in [6.45, 7) is 25.3. The van der Waals surface area contributed by atoms with Crippen LogP contribution in [-0.2, 0) is 32.7 Å². The number of benzene rings is 3. The predicted molar refractivity (Wildman–Crippen MR) is 166 cm³/mol. The van der Waals surface area contributed by atoms with E-state index in [1.54, 1.807) is 6.07 Å². The Kier molecular flexibility index (Phi) is 13.3. The SMILES string of the molecule is CC.CO.Cc1c(C)c(C)c(-c2nc(-c3ccc(O)cc3O)nc(-c3c(C)c(C)c(C)c(C)c3C)n2)c(C)c1C.[Y]. The van der Waals surface area contributed by atoms with Crippen molar-refractivity contribution in [2.45, 2.75) is 83.1 Å². The van der Waals surface area contributed by atoms with Crippen molar-refractivity contribution in [2.24, 2.45) is 0 Å². The van der Waals surface area contributed by atoms with Gasteiger partial charge in [0.25, 0.3) is 0 Å². The van der Waals surface area contributed by atoms with Gasteiger partial charge in [-0.25, -0.2) is 15.0 Å². The van der Waals surface area contributed by atoms with Crippen molar-refractivity contribution in [3.8, 4) is 45.7 Å². The molecule has 217 valence electrons.